The van der Waals surface area contributed by atoms with E-state index in [1.54, 1.807) is 19.1 Å². The molecule has 1 atom stereocenters. The first-order valence-electron chi connectivity index (χ1n) is 7.07. The molecule has 0 spiro atoms. The average Bonchev–Trinajstić information content (AvgIpc) is 2.54. The molecule has 114 valence electrons. The van der Waals surface area contributed by atoms with E-state index >= 15 is 0 Å². The highest BCUT2D eigenvalue weighted by atomic mass is 32.2. The van der Waals surface area contributed by atoms with Crippen LogP contribution < -0.4 is 4.72 Å². The normalized spacial score (nSPS) is 12.6. The van der Waals surface area contributed by atoms with Crippen molar-refractivity contribution in [1.29, 1.82) is 5.26 Å². The maximum atomic E-state index is 12.4. The van der Waals surface area contributed by atoms with Gasteiger partial charge >= 0.3 is 0 Å². The van der Waals surface area contributed by atoms with Crippen molar-refractivity contribution < 1.29 is 8.42 Å². The van der Waals surface area contributed by atoms with Gasteiger partial charge in [-0.2, -0.15) is 5.26 Å². The van der Waals surface area contributed by atoms with E-state index in [1.165, 1.54) is 17.7 Å². The van der Waals surface area contributed by atoms with Gasteiger partial charge in [0.05, 0.1) is 16.5 Å². The molecule has 0 bridgehead atoms. The molecule has 2 rings (SSSR count). The lowest BCUT2D eigenvalue weighted by atomic mass is 10.1. The van der Waals surface area contributed by atoms with Gasteiger partial charge in [-0.25, -0.2) is 13.1 Å². The monoisotopic (exact) mass is 314 g/mol. The Morgan fingerprint density at radius 3 is 2.45 bits per heavy atom. The van der Waals surface area contributed by atoms with Crippen LogP contribution in [-0.2, 0) is 16.4 Å². The fourth-order valence-corrected chi connectivity index (χ4v) is 3.42. The Balaban J connectivity index is 2.21. The van der Waals surface area contributed by atoms with Crippen molar-refractivity contribution in [1.82, 2.24) is 4.72 Å². The number of nitrogens with one attached hydrogen (secondary N) is 1. The van der Waals surface area contributed by atoms with Gasteiger partial charge < -0.3 is 0 Å². The summed E-state index contributed by atoms with van der Waals surface area (Å²) in [6.45, 7) is 3.87. The molecule has 0 amide bonds. The number of benzene rings is 2. The Morgan fingerprint density at radius 1 is 1.18 bits per heavy atom. The minimum Gasteiger partial charge on any atom is -0.207 e. The maximum absolute atomic E-state index is 12.4. The lowest BCUT2D eigenvalue weighted by molar-refractivity contribution is 0.567. The highest BCUT2D eigenvalue weighted by molar-refractivity contribution is 7.89. The molecule has 0 aromatic heterocycles. The molecule has 2 aromatic rings. The molecule has 0 heterocycles. The van der Waals surface area contributed by atoms with Gasteiger partial charge in [0.15, 0.2) is 0 Å². The molecule has 1 N–H and O–H groups in total. The molecule has 5 heteroatoms. The summed E-state index contributed by atoms with van der Waals surface area (Å²) >= 11 is 0. The van der Waals surface area contributed by atoms with Crippen LogP contribution in [0, 0.1) is 11.3 Å². The molecular formula is C17H18N2O2S. The quantitative estimate of drug-likeness (QED) is 0.921. The molecule has 4 nitrogen and oxygen atoms in total. The van der Waals surface area contributed by atoms with Crippen molar-refractivity contribution in [2.75, 3.05) is 0 Å². The molecule has 0 aliphatic rings. The molecular weight excluding hydrogens is 296 g/mol. The van der Waals surface area contributed by atoms with Gasteiger partial charge in [0.25, 0.3) is 0 Å². The summed E-state index contributed by atoms with van der Waals surface area (Å²) in [6, 6.07) is 15.4. The molecule has 0 saturated heterocycles. The first-order valence-corrected chi connectivity index (χ1v) is 8.56. The van der Waals surface area contributed by atoms with Crippen molar-refractivity contribution in [3.63, 3.8) is 0 Å². The SMILES string of the molecule is CCc1ccc(C(C)NS(=O)(=O)c2cccc(C#N)c2)cc1. The maximum Gasteiger partial charge on any atom is 0.241 e. The van der Waals surface area contributed by atoms with Crippen LogP contribution >= 0.6 is 0 Å². The van der Waals surface area contributed by atoms with Gasteiger partial charge in [0, 0.05) is 6.04 Å². The molecule has 0 aliphatic heterocycles. The average molecular weight is 314 g/mol. The number of rotatable bonds is 5. The third-order valence-corrected chi connectivity index (χ3v) is 5.03. The third kappa shape index (κ3) is 3.73. The smallest absolute Gasteiger partial charge is 0.207 e. The van der Waals surface area contributed by atoms with E-state index in [4.69, 9.17) is 5.26 Å². The number of sulfonamides is 1. The molecule has 0 aliphatic carbocycles. The topological polar surface area (TPSA) is 70.0 Å². The second kappa shape index (κ2) is 6.73. The minimum atomic E-state index is -3.66. The van der Waals surface area contributed by atoms with Gasteiger partial charge in [-0.15, -0.1) is 0 Å². The molecule has 22 heavy (non-hydrogen) atoms. The Bertz CT molecular complexity index is 790. The largest absolute Gasteiger partial charge is 0.241 e. The van der Waals surface area contributed by atoms with E-state index in [1.807, 2.05) is 30.3 Å². The third-order valence-electron chi connectivity index (χ3n) is 3.49. The summed E-state index contributed by atoms with van der Waals surface area (Å²) in [5, 5.41) is 8.87. The van der Waals surface area contributed by atoms with Crippen LogP contribution in [0.2, 0.25) is 0 Å². The van der Waals surface area contributed by atoms with Crippen LogP contribution in [0.3, 0.4) is 0 Å². The Kier molecular flexibility index (Phi) is 4.96. The van der Waals surface area contributed by atoms with Gasteiger partial charge in [-0.05, 0) is 42.7 Å². The van der Waals surface area contributed by atoms with Crippen molar-refractivity contribution in [3.05, 3.63) is 65.2 Å². The van der Waals surface area contributed by atoms with Crippen LogP contribution in [0.5, 0.6) is 0 Å². The van der Waals surface area contributed by atoms with E-state index in [0.717, 1.165) is 12.0 Å². The summed E-state index contributed by atoms with van der Waals surface area (Å²) in [6.07, 6.45) is 0.946. The fourth-order valence-electron chi connectivity index (χ4n) is 2.14. The summed E-state index contributed by atoms with van der Waals surface area (Å²) in [5.41, 5.74) is 2.43. The van der Waals surface area contributed by atoms with Crippen molar-refractivity contribution in [2.24, 2.45) is 0 Å². The summed E-state index contributed by atoms with van der Waals surface area (Å²) in [4.78, 5) is 0.101. The Morgan fingerprint density at radius 2 is 1.86 bits per heavy atom. The van der Waals surface area contributed by atoms with E-state index in [9.17, 15) is 8.42 Å². The summed E-state index contributed by atoms with van der Waals surface area (Å²) < 4.78 is 27.4. The molecule has 2 aromatic carbocycles. The lowest BCUT2D eigenvalue weighted by Crippen LogP contribution is -2.26. The molecule has 0 saturated carbocycles. The van der Waals surface area contributed by atoms with Gasteiger partial charge in [0.2, 0.25) is 10.0 Å². The van der Waals surface area contributed by atoms with Crippen molar-refractivity contribution in [3.8, 4) is 6.07 Å². The van der Waals surface area contributed by atoms with E-state index < -0.39 is 10.0 Å². The number of nitriles is 1. The zero-order valence-electron chi connectivity index (χ0n) is 12.6. The zero-order valence-corrected chi connectivity index (χ0v) is 13.4. The molecule has 0 radical (unpaired) electrons. The highest BCUT2D eigenvalue weighted by Gasteiger charge is 2.18. The van der Waals surface area contributed by atoms with E-state index in [2.05, 4.69) is 11.6 Å². The minimum absolute atomic E-state index is 0.101. The van der Waals surface area contributed by atoms with Gasteiger partial charge in [-0.1, -0.05) is 37.3 Å². The van der Waals surface area contributed by atoms with Crippen molar-refractivity contribution >= 4 is 10.0 Å². The lowest BCUT2D eigenvalue weighted by Gasteiger charge is -2.15. The number of hydrogen-bond donors (Lipinski definition) is 1. The predicted octanol–water partition coefficient (Wildman–Crippen LogP) is 3.16. The fraction of sp³-hybridized carbons (Fsp3) is 0.235. The highest BCUT2D eigenvalue weighted by Crippen LogP contribution is 2.18. The summed E-state index contributed by atoms with van der Waals surface area (Å²) in [5.74, 6) is 0. The van der Waals surface area contributed by atoms with Crippen LogP contribution in [0.25, 0.3) is 0 Å². The number of hydrogen-bond acceptors (Lipinski definition) is 3. The predicted molar refractivity (Wildman–Crippen MR) is 85.7 cm³/mol. The number of aryl methyl sites for hydroxylation is 1. The Hall–Kier alpha value is -2.16. The number of nitrogens with zero attached hydrogens (tertiary/aromatic N) is 1. The second-order valence-electron chi connectivity index (χ2n) is 5.08. The van der Waals surface area contributed by atoms with E-state index in [-0.39, 0.29) is 10.9 Å². The van der Waals surface area contributed by atoms with Gasteiger partial charge in [-0.3, -0.25) is 0 Å². The van der Waals surface area contributed by atoms with Crippen molar-refractivity contribution in [2.45, 2.75) is 31.2 Å². The van der Waals surface area contributed by atoms with Crippen LogP contribution in [0.15, 0.2) is 53.4 Å². The zero-order chi connectivity index (χ0) is 16.2. The Labute approximate surface area is 131 Å². The van der Waals surface area contributed by atoms with E-state index in [0.29, 0.717) is 5.56 Å². The second-order valence-corrected chi connectivity index (χ2v) is 6.79. The molecule has 1 unspecified atom stereocenters. The summed E-state index contributed by atoms with van der Waals surface area (Å²) in [7, 11) is -3.66. The molecule has 0 fully saturated rings. The van der Waals surface area contributed by atoms with Crippen LogP contribution in [0.1, 0.15) is 36.6 Å². The first kappa shape index (κ1) is 16.2. The standard InChI is InChI=1S/C17H18N2O2S/c1-3-14-7-9-16(10-8-14)13(2)19-22(20,21)17-6-4-5-15(11-17)12-18/h4-11,13,19H,3H2,1-2H3. The van der Waals surface area contributed by atoms with Gasteiger partial charge in [0.1, 0.15) is 0 Å². The van der Waals surface area contributed by atoms with Crippen LogP contribution in [-0.4, -0.2) is 8.42 Å². The van der Waals surface area contributed by atoms with Crippen LogP contribution in [0.4, 0.5) is 0 Å². The first-order chi connectivity index (χ1) is 10.5.